The van der Waals surface area contributed by atoms with Gasteiger partial charge in [0.15, 0.2) is 5.69 Å². The van der Waals surface area contributed by atoms with Crippen LogP contribution < -0.4 is 10.1 Å². The summed E-state index contributed by atoms with van der Waals surface area (Å²) in [6.07, 6.45) is 1.50. The van der Waals surface area contributed by atoms with E-state index in [1.807, 2.05) is 38.1 Å². The van der Waals surface area contributed by atoms with E-state index >= 15 is 0 Å². The number of benzene rings is 2. The minimum absolute atomic E-state index is 0.164. The van der Waals surface area contributed by atoms with E-state index in [2.05, 4.69) is 15.6 Å². The zero-order chi connectivity index (χ0) is 18.7. The Morgan fingerprint density at radius 3 is 2.54 bits per heavy atom. The molecule has 0 aliphatic rings. The summed E-state index contributed by atoms with van der Waals surface area (Å²) in [7, 11) is 1.59. The quantitative estimate of drug-likeness (QED) is 0.764. The van der Waals surface area contributed by atoms with Crippen molar-refractivity contribution in [2.45, 2.75) is 19.4 Å². The van der Waals surface area contributed by atoms with Crippen LogP contribution in [0.15, 0.2) is 54.7 Å². The highest BCUT2D eigenvalue weighted by atomic mass is 19.1. The van der Waals surface area contributed by atoms with Gasteiger partial charge in [0.2, 0.25) is 0 Å². The van der Waals surface area contributed by atoms with Crippen molar-refractivity contribution in [2.75, 3.05) is 7.11 Å². The number of hydrogen-bond acceptors (Lipinski definition) is 4. The smallest absolute Gasteiger partial charge is 0.274 e. The number of para-hydroxylation sites is 1. The molecule has 0 saturated carbocycles. The molecule has 0 spiro atoms. The van der Waals surface area contributed by atoms with Crippen molar-refractivity contribution in [3.8, 4) is 11.4 Å². The molecule has 0 aliphatic carbocycles. The molecule has 134 valence electrons. The predicted octanol–water partition coefficient (Wildman–Crippen LogP) is 3.08. The minimum Gasteiger partial charge on any atom is -0.496 e. The summed E-state index contributed by atoms with van der Waals surface area (Å²) >= 11 is 0. The standard InChI is InChI=1S/C19H19FN4O2/c1-19(2,15-6-4-5-7-17(15)26-3)21-18(25)16-12-24(23-22-16)14-10-8-13(20)9-11-14/h4-12H,1-3H3,(H,21,25). The first-order valence-corrected chi connectivity index (χ1v) is 8.05. The highest BCUT2D eigenvalue weighted by Gasteiger charge is 2.27. The second-order valence-electron chi connectivity index (χ2n) is 6.30. The normalized spacial score (nSPS) is 11.2. The van der Waals surface area contributed by atoms with E-state index < -0.39 is 5.54 Å². The number of carbonyl (C=O) groups excluding carboxylic acids is 1. The van der Waals surface area contributed by atoms with Gasteiger partial charge in [-0.15, -0.1) is 5.10 Å². The molecule has 1 heterocycles. The van der Waals surface area contributed by atoms with Crippen LogP contribution in [0.4, 0.5) is 4.39 Å². The SMILES string of the molecule is COc1ccccc1C(C)(C)NC(=O)c1cn(-c2ccc(F)cc2)nn1. The second-order valence-corrected chi connectivity index (χ2v) is 6.30. The molecule has 0 atom stereocenters. The lowest BCUT2D eigenvalue weighted by molar-refractivity contribution is 0.0906. The summed E-state index contributed by atoms with van der Waals surface area (Å²) in [5, 5.41) is 10.8. The molecule has 0 bridgehead atoms. The van der Waals surface area contributed by atoms with E-state index in [1.165, 1.54) is 23.0 Å². The molecule has 0 saturated heterocycles. The van der Waals surface area contributed by atoms with Gasteiger partial charge in [-0.2, -0.15) is 0 Å². The first kappa shape index (κ1) is 17.6. The predicted molar refractivity (Wildman–Crippen MR) is 94.8 cm³/mol. The van der Waals surface area contributed by atoms with Gasteiger partial charge in [-0.25, -0.2) is 9.07 Å². The number of hydrogen-bond donors (Lipinski definition) is 1. The van der Waals surface area contributed by atoms with E-state index in [-0.39, 0.29) is 17.4 Å². The van der Waals surface area contributed by atoms with E-state index in [0.29, 0.717) is 11.4 Å². The van der Waals surface area contributed by atoms with Crippen molar-refractivity contribution >= 4 is 5.91 Å². The Balaban J connectivity index is 1.80. The molecule has 0 aliphatic heterocycles. The van der Waals surface area contributed by atoms with Crippen molar-refractivity contribution in [1.82, 2.24) is 20.3 Å². The Hall–Kier alpha value is -3.22. The van der Waals surface area contributed by atoms with Crippen LogP contribution in [0.3, 0.4) is 0 Å². The summed E-state index contributed by atoms with van der Waals surface area (Å²) in [4.78, 5) is 12.6. The molecular weight excluding hydrogens is 335 g/mol. The Labute approximate surface area is 150 Å². The molecule has 26 heavy (non-hydrogen) atoms. The Morgan fingerprint density at radius 1 is 1.15 bits per heavy atom. The van der Waals surface area contributed by atoms with Gasteiger partial charge in [0.25, 0.3) is 5.91 Å². The number of aromatic nitrogens is 3. The first-order chi connectivity index (χ1) is 12.4. The van der Waals surface area contributed by atoms with Crippen molar-refractivity contribution in [1.29, 1.82) is 0 Å². The summed E-state index contributed by atoms with van der Waals surface area (Å²) < 4.78 is 19.8. The van der Waals surface area contributed by atoms with E-state index in [4.69, 9.17) is 4.74 Å². The zero-order valence-corrected chi connectivity index (χ0v) is 14.7. The summed E-state index contributed by atoms with van der Waals surface area (Å²) in [6, 6.07) is 13.3. The third kappa shape index (κ3) is 3.56. The molecule has 3 aromatic rings. The van der Waals surface area contributed by atoms with Crippen LogP contribution in [-0.2, 0) is 5.54 Å². The number of carbonyl (C=O) groups is 1. The molecule has 1 amide bonds. The van der Waals surface area contributed by atoms with Gasteiger partial charge in [0.05, 0.1) is 24.5 Å². The largest absolute Gasteiger partial charge is 0.496 e. The van der Waals surface area contributed by atoms with Crippen LogP contribution in [-0.4, -0.2) is 28.0 Å². The van der Waals surface area contributed by atoms with Crippen LogP contribution >= 0.6 is 0 Å². The van der Waals surface area contributed by atoms with Gasteiger partial charge in [0.1, 0.15) is 11.6 Å². The number of amides is 1. The lowest BCUT2D eigenvalue weighted by Gasteiger charge is -2.28. The molecule has 1 N–H and O–H groups in total. The van der Waals surface area contributed by atoms with Crippen LogP contribution in [0.25, 0.3) is 5.69 Å². The Morgan fingerprint density at radius 2 is 1.85 bits per heavy atom. The molecule has 0 unspecified atom stereocenters. The number of ether oxygens (including phenoxy) is 1. The van der Waals surface area contributed by atoms with Crippen molar-refractivity contribution in [3.63, 3.8) is 0 Å². The highest BCUT2D eigenvalue weighted by molar-refractivity contribution is 5.92. The zero-order valence-electron chi connectivity index (χ0n) is 14.7. The van der Waals surface area contributed by atoms with Crippen LogP contribution in [0.1, 0.15) is 29.9 Å². The van der Waals surface area contributed by atoms with Gasteiger partial charge < -0.3 is 10.1 Å². The van der Waals surface area contributed by atoms with Crippen molar-refractivity contribution in [3.05, 3.63) is 71.8 Å². The number of nitrogens with one attached hydrogen (secondary N) is 1. The maximum atomic E-state index is 13.0. The summed E-state index contributed by atoms with van der Waals surface area (Å²) in [5.74, 6) is -0.0209. The molecule has 0 fully saturated rings. The average Bonchev–Trinajstić information content (AvgIpc) is 3.12. The molecule has 1 aromatic heterocycles. The molecule has 3 rings (SSSR count). The Bertz CT molecular complexity index is 919. The maximum absolute atomic E-state index is 13.0. The van der Waals surface area contributed by atoms with E-state index in [1.54, 1.807) is 19.2 Å². The lowest BCUT2D eigenvalue weighted by atomic mass is 9.93. The summed E-state index contributed by atoms with van der Waals surface area (Å²) in [6.45, 7) is 3.76. The first-order valence-electron chi connectivity index (χ1n) is 8.05. The molecule has 7 heteroatoms. The van der Waals surface area contributed by atoms with Gasteiger partial charge in [-0.1, -0.05) is 23.4 Å². The molecule has 6 nitrogen and oxygen atoms in total. The number of rotatable bonds is 5. The van der Waals surface area contributed by atoms with Gasteiger partial charge >= 0.3 is 0 Å². The molecular formula is C19H19FN4O2. The fraction of sp³-hybridized carbons (Fsp3) is 0.211. The van der Waals surface area contributed by atoms with Gasteiger partial charge in [-0.3, -0.25) is 4.79 Å². The number of halogens is 1. The third-order valence-corrected chi connectivity index (χ3v) is 4.02. The fourth-order valence-corrected chi connectivity index (χ4v) is 2.66. The van der Waals surface area contributed by atoms with Crippen molar-refractivity contribution < 1.29 is 13.9 Å². The molecule has 2 aromatic carbocycles. The molecule has 0 radical (unpaired) electrons. The van der Waals surface area contributed by atoms with E-state index in [9.17, 15) is 9.18 Å². The third-order valence-electron chi connectivity index (χ3n) is 4.02. The second kappa shape index (κ2) is 6.95. The fourth-order valence-electron chi connectivity index (χ4n) is 2.66. The highest BCUT2D eigenvalue weighted by Crippen LogP contribution is 2.29. The van der Waals surface area contributed by atoms with E-state index in [0.717, 1.165) is 5.56 Å². The monoisotopic (exact) mass is 354 g/mol. The number of nitrogens with zero attached hydrogens (tertiary/aromatic N) is 3. The Kier molecular flexibility index (Phi) is 4.71. The van der Waals surface area contributed by atoms with Gasteiger partial charge in [-0.05, 0) is 44.2 Å². The van der Waals surface area contributed by atoms with Crippen LogP contribution in [0, 0.1) is 5.82 Å². The van der Waals surface area contributed by atoms with Crippen LogP contribution in [0.2, 0.25) is 0 Å². The average molecular weight is 354 g/mol. The lowest BCUT2D eigenvalue weighted by Crippen LogP contribution is -2.41. The maximum Gasteiger partial charge on any atom is 0.274 e. The summed E-state index contributed by atoms with van der Waals surface area (Å²) in [5.41, 5.74) is 0.949. The van der Waals surface area contributed by atoms with Crippen molar-refractivity contribution in [2.24, 2.45) is 0 Å². The van der Waals surface area contributed by atoms with Crippen LogP contribution in [0.5, 0.6) is 5.75 Å². The van der Waals surface area contributed by atoms with Gasteiger partial charge in [0, 0.05) is 5.56 Å². The minimum atomic E-state index is -0.677. The topological polar surface area (TPSA) is 69.0 Å². The number of methoxy groups -OCH3 is 1.